The van der Waals surface area contributed by atoms with Crippen LogP contribution in [0.15, 0.2) is 71.4 Å². The molecule has 1 aromatic heterocycles. The van der Waals surface area contributed by atoms with Gasteiger partial charge in [0.2, 0.25) is 0 Å². The van der Waals surface area contributed by atoms with Gasteiger partial charge in [-0.05, 0) is 74.7 Å². The summed E-state index contributed by atoms with van der Waals surface area (Å²) in [6.07, 6.45) is 5.71. The monoisotopic (exact) mass is 419 g/mol. The summed E-state index contributed by atoms with van der Waals surface area (Å²) < 4.78 is 5.34. The number of furan rings is 1. The Morgan fingerprint density at radius 3 is 2.50 bits per heavy atom. The highest BCUT2D eigenvalue weighted by Crippen LogP contribution is 2.50. The molecule has 1 atom stereocenters. The van der Waals surface area contributed by atoms with Crippen LogP contribution in [-0.2, 0) is 10.2 Å². The van der Waals surface area contributed by atoms with Crippen molar-refractivity contribution in [3.8, 4) is 0 Å². The molecule has 1 amide bonds. The zero-order valence-electron chi connectivity index (χ0n) is 17.8. The smallest absolute Gasteiger partial charge is 0.251 e. The second-order valence-corrected chi connectivity index (χ2v) is 9.31. The molecule has 0 aliphatic carbocycles. The van der Waals surface area contributed by atoms with E-state index in [4.69, 9.17) is 16.0 Å². The maximum Gasteiger partial charge on any atom is 0.251 e. The van der Waals surface area contributed by atoms with Crippen molar-refractivity contribution in [3.63, 3.8) is 0 Å². The molecule has 0 N–H and O–H groups in total. The van der Waals surface area contributed by atoms with Crippen molar-refractivity contribution < 1.29 is 9.21 Å². The van der Waals surface area contributed by atoms with Crippen LogP contribution in [0.3, 0.4) is 0 Å². The molecule has 4 rings (SSSR count). The van der Waals surface area contributed by atoms with Gasteiger partial charge < -0.3 is 9.32 Å². The second kappa shape index (κ2) is 7.48. The number of rotatable bonds is 3. The number of fused-ring (bicyclic) bond motifs is 1. The average Bonchev–Trinajstić information content (AvgIpc) is 3.20. The van der Waals surface area contributed by atoms with E-state index in [9.17, 15) is 4.79 Å². The van der Waals surface area contributed by atoms with E-state index >= 15 is 0 Å². The van der Waals surface area contributed by atoms with Crippen LogP contribution in [0, 0.1) is 6.92 Å². The predicted molar refractivity (Wildman–Crippen MR) is 123 cm³/mol. The van der Waals surface area contributed by atoms with E-state index in [2.05, 4.69) is 58.0 Å². The van der Waals surface area contributed by atoms with Gasteiger partial charge in [0, 0.05) is 27.7 Å². The first-order chi connectivity index (χ1) is 14.2. The van der Waals surface area contributed by atoms with Crippen LogP contribution < -0.4 is 4.90 Å². The van der Waals surface area contributed by atoms with Gasteiger partial charge in [0.15, 0.2) is 0 Å². The fourth-order valence-electron chi connectivity index (χ4n) is 4.76. The lowest BCUT2D eigenvalue weighted by Gasteiger charge is -2.51. The highest BCUT2D eigenvalue weighted by atomic mass is 35.5. The van der Waals surface area contributed by atoms with E-state index in [0.29, 0.717) is 5.76 Å². The number of benzene rings is 2. The molecule has 1 unspecified atom stereocenters. The molecular formula is C26H26ClNO2. The van der Waals surface area contributed by atoms with Gasteiger partial charge in [-0.2, -0.15) is 0 Å². The van der Waals surface area contributed by atoms with Crippen LogP contribution in [0.25, 0.3) is 6.08 Å². The van der Waals surface area contributed by atoms with Crippen molar-refractivity contribution in [1.29, 1.82) is 0 Å². The van der Waals surface area contributed by atoms with Gasteiger partial charge in [0.05, 0.1) is 6.26 Å². The molecule has 3 nitrogen and oxygen atoms in total. The van der Waals surface area contributed by atoms with Crippen molar-refractivity contribution in [2.45, 2.75) is 45.1 Å². The summed E-state index contributed by atoms with van der Waals surface area (Å²) in [7, 11) is 0. The fourth-order valence-corrected chi connectivity index (χ4v) is 4.88. The third-order valence-corrected chi connectivity index (χ3v) is 6.27. The molecule has 0 saturated carbocycles. The van der Waals surface area contributed by atoms with Crippen LogP contribution in [0.2, 0.25) is 5.02 Å². The summed E-state index contributed by atoms with van der Waals surface area (Å²) in [6.45, 7) is 8.60. The largest absolute Gasteiger partial charge is 0.465 e. The van der Waals surface area contributed by atoms with E-state index in [0.717, 1.165) is 22.7 Å². The first-order valence-corrected chi connectivity index (χ1v) is 10.5. The van der Waals surface area contributed by atoms with E-state index < -0.39 is 0 Å². The highest BCUT2D eigenvalue weighted by molar-refractivity contribution is 6.30. The first kappa shape index (κ1) is 20.5. The van der Waals surface area contributed by atoms with Crippen LogP contribution in [0.5, 0.6) is 0 Å². The standard InChI is InChI=1S/C26H26ClNO2/c1-18-7-13-23-22(16-18)26(4,19-8-10-20(27)11-9-19)17-25(2,3)28(23)24(29)14-12-21-6-5-15-30-21/h5-16H,17H2,1-4H3/b14-12+. The molecule has 0 fully saturated rings. The number of amides is 1. The van der Waals surface area contributed by atoms with Crippen molar-refractivity contribution in [2.75, 3.05) is 4.90 Å². The van der Waals surface area contributed by atoms with Gasteiger partial charge >= 0.3 is 0 Å². The van der Waals surface area contributed by atoms with Gasteiger partial charge in [0.1, 0.15) is 5.76 Å². The second-order valence-electron chi connectivity index (χ2n) is 8.87. The molecule has 1 aliphatic heterocycles. The van der Waals surface area contributed by atoms with Crippen molar-refractivity contribution in [3.05, 3.63) is 94.4 Å². The van der Waals surface area contributed by atoms with Crippen molar-refractivity contribution >= 4 is 29.3 Å². The summed E-state index contributed by atoms with van der Waals surface area (Å²) in [4.78, 5) is 15.2. The molecule has 0 radical (unpaired) electrons. The van der Waals surface area contributed by atoms with Crippen LogP contribution in [0.4, 0.5) is 5.69 Å². The normalized spacial score (nSPS) is 20.4. The SMILES string of the molecule is Cc1ccc2c(c1)C(C)(c1ccc(Cl)cc1)CC(C)(C)N2C(=O)/C=C/c1ccco1. The Labute approximate surface area is 183 Å². The van der Waals surface area contributed by atoms with Gasteiger partial charge in [-0.15, -0.1) is 0 Å². The molecule has 154 valence electrons. The molecule has 2 aromatic carbocycles. The van der Waals surface area contributed by atoms with Crippen molar-refractivity contribution in [1.82, 2.24) is 0 Å². The lowest BCUT2D eigenvalue weighted by molar-refractivity contribution is -0.115. The van der Waals surface area contributed by atoms with Gasteiger partial charge in [-0.3, -0.25) is 4.79 Å². The lowest BCUT2D eigenvalue weighted by Crippen LogP contribution is -2.55. The fraction of sp³-hybridized carbons (Fsp3) is 0.269. The molecule has 2 heterocycles. The number of carbonyl (C=O) groups is 1. The Bertz CT molecular complexity index is 1100. The Kier molecular flexibility index (Phi) is 5.11. The highest BCUT2D eigenvalue weighted by Gasteiger charge is 2.47. The Hall–Kier alpha value is -2.78. The summed E-state index contributed by atoms with van der Waals surface area (Å²) >= 11 is 6.15. The average molecular weight is 420 g/mol. The van der Waals surface area contributed by atoms with Crippen LogP contribution >= 0.6 is 11.6 Å². The van der Waals surface area contributed by atoms with Gasteiger partial charge in [-0.25, -0.2) is 0 Å². The number of halogens is 1. The van der Waals surface area contributed by atoms with E-state index in [1.807, 2.05) is 29.2 Å². The zero-order chi connectivity index (χ0) is 21.5. The molecule has 0 bridgehead atoms. The topological polar surface area (TPSA) is 33.5 Å². The maximum atomic E-state index is 13.3. The number of hydrogen-bond acceptors (Lipinski definition) is 2. The summed E-state index contributed by atoms with van der Waals surface area (Å²) in [5.41, 5.74) is 3.85. The number of anilines is 1. The van der Waals surface area contributed by atoms with Crippen molar-refractivity contribution in [2.24, 2.45) is 0 Å². The van der Waals surface area contributed by atoms with Gasteiger partial charge in [0.25, 0.3) is 5.91 Å². The number of hydrogen-bond donors (Lipinski definition) is 0. The van der Waals surface area contributed by atoms with Crippen LogP contribution in [0.1, 0.15) is 49.6 Å². The minimum Gasteiger partial charge on any atom is -0.465 e. The molecule has 3 aromatic rings. The number of aryl methyl sites for hydroxylation is 1. The van der Waals surface area contributed by atoms with Crippen LogP contribution in [-0.4, -0.2) is 11.4 Å². The molecule has 0 spiro atoms. The Morgan fingerprint density at radius 1 is 1.10 bits per heavy atom. The third kappa shape index (κ3) is 3.59. The summed E-state index contributed by atoms with van der Waals surface area (Å²) in [5, 5.41) is 0.724. The quantitative estimate of drug-likeness (QED) is 0.438. The maximum absolute atomic E-state index is 13.3. The molecule has 4 heteroatoms. The lowest BCUT2D eigenvalue weighted by atomic mass is 9.65. The van der Waals surface area contributed by atoms with E-state index in [1.54, 1.807) is 18.4 Å². The molecule has 0 saturated heterocycles. The first-order valence-electron chi connectivity index (χ1n) is 10.1. The predicted octanol–water partition coefficient (Wildman–Crippen LogP) is 6.78. The molecular weight excluding hydrogens is 394 g/mol. The van der Waals surface area contributed by atoms with Gasteiger partial charge in [-0.1, -0.05) is 48.4 Å². The Balaban J connectivity index is 1.83. The minimum absolute atomic E-state index is 0.0559. The number of carbonyl (C=O) groups excluding carboxylic acids is 1. The minimum atomic E-state index is -0.388. The Morgan fingerprint density at radius 2 is 1.83 bits per heavy atom. The summed E-state index contributed by atoms with van der Waals surface area (Å²) in [6, 6.07) is 18.1. The molecule has 30 heavy (non-hydrogen) atoms. The number of nitrogens with zero attached hydrogens (tertiary/aromatic N) is 1. The summed E-state index contributed by atoms with van der Waals surface area (Å²) in [5.74, 6) is 0.605. The molecule has 1 aliphatic rings. The van der Waals surface area contributed by atoms with E-state index in [1.165, 1.54) is 11.1 Å². The third-order valence-electron chi connectivity index (χ3n) is 6.01. The zero-order valence-corrected chi connectivity index (χ0v) is 18.5. The van der Waals surface area contributed by atoms with E-state index in [-0.39, 0.29) is 16.9 Å².